The van der Waals surface area contributed by atoms with Crippen molar-refractivity contribution in [1.82, 2.24) is 15.1 Å². The van der Waals surface area contributed by atoms with Crippen molar-refractivity contribution in [3.63, 3.8) is 0 Å². The molecule has 224 valence electrons. The summed E-state index contributed by atoms with van der Waals surface area (Å²) in [6.45, 7) is 1.13. The Morgan fingerprint density at radius 3 is 2.42 bits per heavy atom. The highest BCUT2D eigenvalue weighted by Crippen LogP contribution is 2.37. The number of ether oxygens (including phenoxy) is 1. The number of nitrogens with zero attached hydrogens (tertiary/aromatic N) is 2. The highest BCUT2D eigenvalue weighted by molar-refractivity contribution is 7.91. The molecule has 1 aromatic carbocycles. The van der Waals surface area contributed by atoms with Gasteiger partial charge in [-0.15, -0.1) is 0 Å². The van der Waals surface area contributed by atoms with Gasteiger partial charge in [-0.25, -0.2) is 8.42 Å². The molecule has 0 spiro atoms. The summed E-state index contributed by atoms with van der Waals surface area (Å²) in [5.41, 5.74) is -0.423. The molecule has 8 nitrogen and oxygen atoms in total. The Labute approximate surface area is 229 Å². The molecule has 2 N–H and O–H groups in total. The van der Waals surface area contributed by atoms with Crippen LogP contribution in [0.15, 0.2) is 18.2 Å². The van der Waals surface area contributed by atoms with Crippen LogP contribution in [-0.2, 0) is 22.8 Å². The van der Waals surface area contributed by atoms with Crippen molar-refractivity contribution in [2.24, 2.45) is 5.92 Å². The lowest BCUT2D eigenvalue weighted by atomic mass is 9.84. The summed E-state index contributed by atoms with van der Waals surface area (Å²) in [6, 6.07) is 3.90. The molecular formula is C26H34F5N3O5S. The van der Waals surface area contributed by atoms with Gasteiger partial charge in [0, 0.05) is 30.5 Å². The van der Waals surface area contributed by atoms with Crippen LogP contribution < -0.4 is 10.1 Å². The quantitative estimate of drug-likeness (QED) is 0.387. The Balaban J connectivity index is 1.86. The van der Waals surface area contributed by atoms with Crippen LogP contribution in [0.1, 0.15) is 61.1 Å². The molecule has 2 aromatic rings. The van der Waals surface area contributed by atoms with E-state index in [1.54, 1.807) is 13.8 Å². The zero-order chi connectivity index (χ0) is 30.0. The van der Waals surface area contributed by atoms with Gasteiger partial charge in [0.05, 0.1) is 22.5 Å². The van der Waals surface area contributed by atoms with E-state index in [2.05, 4.69) is 15.2 Å². The Morgan fingerprint density at radius 2 is 1.90 bits per heavy atom. The Kier molecular flexibility index (Phi) is 9.55. The number of rotatable bonds is 10. The van der Waals surface area contributed by atoms with E-state index in [0.29, 0.717) is 5.56 Å². The van der Waals surface area contributed by atoms with Gasteiger partial charge in [0.1, 0.15) is 15.6 Å². The molecule has 1 fully saturated rings. The van der Waals surface area contributed by atoms with Gasteiger partial charge in [-0.2, -0.15) is 27.1 Å². The van der Waals surface area contributed by atoms with Gasteiger partial charge < -0.3 is 15.2 Å². The van der Waals surface area contributed by atoms with Crippen LogP contribution in [0.4, 0.5) is 22.0 Å². The summed E-state index contributed by atoms with van der Waals surface area (Å²) in [6.07, 6.45) is -2.83. The van der Waals surface area contributed by atoms with Crippen molar-refractivity contribution in [2.45, 2.75) is 83.1 Å². The number of carbonyl (C=O) groups excluding carboxylic acids is 1. The number of aliphatic hydroxyl groups is 1. The predicted octanol–water partition coefficient (Wildman–Crippen LogP) is 4.67. The highest BCUT2D eigenvalue weighted by Gasteiger charge is 2.38. The van der Waals surface area contributed by atoms with Crippen LogP contribution in [0, 0.1) is 12.8 Å². The number of hydrogen-bond donors (Lipinski definition) is 2. The lowest BCUT2D eigenvalue weighted by Gasteiger charge is -2.35. The maximum absolute atomic E-state index is 13.3. The number of benzene rings is 1. The maximum atomic E-state index is 13.3. The van der Waals surface area contributed by atoms with E-state index < -0.39 is 51.7 Å². The average Bonchev–Trinajstić information content (AvgIpc) is 3.17. The molecule has 0 aliphatic heterocycles. The number of hydrogen-bond acceptors (Lipinski definition) is 6. The molecule has 1 atom stereocenters. The molecule has 1 amide bonds. The van der Waals surface area contributed by atoms with Crippen molar-refractivity contribution in [2.75, 3.05) is 12.8 Å². The highest BCUT2D eigenvalue weighted by atomic mass is 32.2. The summed E-state index contributed by atoms with van der Waals surface area (Å²) in [4.78, 5) is 13.1. The zero-order valence-electron chi connectivity index (χ0n) is 22.7. The lowest BCUT2D eigenvalue weighted by Crippen LogP contribution is -2.47. The largest absolute Gasteiger partial charge is 0.434 e. The minimum Gasteiger partial charge on any atom is -0.434 e. The molecule has 3 rings (SSSR count). The number of halogens is 5. The van der Waals surface area contributed by atoms with E-state index in [0.717, 1.165) is 19.2 Å². The van der Waals surface area contributed by atoms with Crippen LogP contribution >= 0.6 is 0 Å². The average molecular weight is 596 g/mol. The monoisotopic (exact) mass is 595 g/mol. The second kappa shape index (κ2) is 12.0. The number of amides is 1. The molecule has 14 heteroatoms. The van der Waals surface area contributed by atoms with Crippen LogP contribution in [-0.4, -0.2) is 65.7 Å². The minimum atomic E-state index is -4.46. The fourth-order valence-corrected chi connectivity index (χ4v) is 6.04. The molecule has 1 heterocycles. The third-order valence-corrected chi connectivity index (χ3v) is 9.05. The second-order valence-electron chi connectivity index (χ2n) is 10.4. The number of carbonyl (C=O) groups is 1. The van der Waals surface area contributed by atoms with Crippen molar-refractivity contribution < 1.29 is 45.0 Å². The molecule has 0 saturated heterocycles. The number of nitrogens with one attached hydrogen (secondary N) is 1. The Morgan fingerprint density at radius 1 is 1.27 bits per heavy atom. The van der Waals surface area contributed by atoms with E-state index in [9.17, 15) is 40.3 Å². The third-order valence-electron chi connectivity index (χ3n) is 7.37. The summed E-state index contributed by atoms with van der Waals surface area (Å²) in [7, 11) is -3.23. The van der Waals surface area contributed by atoms with Gasteiger partial charge in [0.2, 0.25) is 0 Å². The van der Waals surface area contributed by atoms with E-state index >= 15 is 0 Å². The standard InChI is InChI=1S/C26H34F5N3O5S/c1-5-34-22(19-7-6-17(12-15(2)26(29,30)31)13-20(19)39-24(27)28)16(3)21(33-34)23(35)32-14-25(36)10-8-18(9-11-25)40(4,37)38/h6-7,13,15,18,24,36H,5,8-12,14H2,1-4H3,(H,32,35)/t15-,18?,25?/m1/s1. The molecular weight excluding hydrogens is 561 g/mol. The van der Waals surface area contributed by atoms with E-state index in [1.165, 1.54) is 16.8 Å². The SMILES string of the molecule is CCn1nc(C(=O)NCC2(O)CCC(S(C)(=O)=O)CC2)c(C)c1-c1ccc(C[C@@H](C)C(F)(F)F)cc1OC(F)F. The maximum Gasteiger partial charge on any atom is 0.391 e. The molecule has 0 radical (unpaired) electrons. The van der Waals surface area contributed by atoms with Crippen molar-refractivity contribution in [3.05, 3.63) is 35.0 Å². The molecule has 0 bridgehead atoms. The smallest absolute Gasteiger partial charge is 0.391 e. The predicted molar refractivity (Wildman–Crippen MR) is 138 cm³/mol. The molecule has 1 aliphatic rings. The second-order valence-corrected chi connectivity index (χ2v) is 12.8. The van der Waals surface area contributed by atoms with Crippen molar-refractivity contribution in [3.8, 4) is 17.0 Å². The van der Waals surface area contributed by atoms with E-state index in [4.69, 9.17) is 0 Å². The molecule has 40 heavy (non-hydrogen) atoms. The van der Waals surface area contributed by atoms with E-state index in [1.807, 2.05) is 0 Å². The molecule has 0 unspecified atom stereocenters. The number of alkyl halides is 5. The first-order chi connectivity index (χ1) is 18.4. The first-order valence-electron chi connectivity index (χ1n) is 12.9. The van der Waals surface area contributed by atoms with Crippen LogP contribution in [0.25, 0.3) is 11.3 Å². The number of sulfone groups is 1. The Bertz CT molecular complexity index is 1320. The summed E-state index contributed by atoms with van der Waals surface area (Å²) < 4.78 is 95.4. The summed E-state index contributed by atoms with van der Waals surface area (Å²) in [5, 5.41) is 17.3. The number of aromatic nitrogens is 2. The van der Waals surface area contributed by atoms with Crippen LogP contribution in [0.3, 0.4) is 0 Å². The normalized spacial score (nSPS) is 20.9. The summed E-state index contributed by atoms with van der Waals surface area (Å²) >= 11 is 0. The van der Waals surface area contributed by atoms with Gasteiger partial charge in [0.25, 0.3) is 5.91 Å². The first kappa shape index (κ1) is 31.8. The van der Waals surface area contributed by atoms with Crippen molar-refractivity contribution in [1.29, 1.82) is 0 Å². The van der Waals surface area contributed by atoms with E-state index in [-0.39, 0.29) is 67.0 Å². The molecule has 1 aromatic heterocycles. The molecule has 1 aliphatic carbocycles. The fourth-order valence-electron chi connectivity index (χ4n) is 4.95. The van der Waals surface area contributed by atoms with Crippen molar-refractivity contribution >= 4 is 15.7 Å². The zero-order valence-corrected chi connectivity index (χ0v) is 23.5. The van der Waals surface area contributed by atoms with Gasteiger partial charge in [-0.05, 0) is 63.6 Å². The minimum absolute atomic E-state index is 0.0250. The fraction of sp³-hybridized carbons (Fsp3) is 0.615. The van der Waals surface area contributed by atoms with Gasteiger partial charge in [-0.1, -0.05) is 13.0 Å². The van der Waals surface area contributed by atoms with Crippen LogP contribution in [0.5, 0.6) is 5.75 Å². The summed E-state index contributed by atoms with van der Waals surface area (Å²) in [5.74, 6) is -2.67. The third kappa shape index (κ3) is 7.50. The first-order valence-corrected chi connectivity index (χ1v) is 14.8. The molecule has 1 saturated carbocycles. The Hall–Kier alpha value is -2.74. The van der Waals surface area contributed by atoms with Gasteiger partial charge in [0.15, 0.2) is 5.69 Å². The van der Waals surface area contributed by atoms with Gasteiger partial charge >= 0.3 is 12.8 Å². The lowest BCUT2D eigenvalue weighted by molar-refractivity contribution is -0.169. The topological polar surface area (TPSA) is 111 Å². The number of aryl methyl sites for hydroxylation is 1. The van der Waals surface area contributed by atoms with Gasteiger partial charge in [-0.3, -0.25) is 9.48 Å². The van der Waals surface area contributed by atoms with Crippen LogP contribution in [0.2, 0.25) is 0 Å².